The monoisotopic (exact) mass is 288 g/mol. The quantitative estimate of drug-likeness (QED) is 0.772. The highest BCUT2D eigenvalue weighted by Crippen LogP contribution is 2.20. The minimum atomic E-state index is -0.294. The molecule has 0 aliphatic rings. The van der Waals surface area contributed by atoms with Gasteiger partial charge in [-0.2, -0.15) is 0 Å². The molecule has 7 heteroatoms. The van der Waals surface area contributed by atoms with Crippen LogP contribution < -0.4 is 0 Å². The Kier molecular flexibility index (Phi) is 3.74. The van der Waals surface area contributed by atoms with Crippen LogP contribution in [-0.2, 0) is 13.0 Å². The summed E-state index contributed by atoms with van der Waals surface area (Å²) in [5, 5.41) is 16.7. The first-order chi connectivity index (χ1) is 10.2. The van der Waals surface area contributed by atoms with Gasteiger partial charge in [-0.3, -0.25) is 0 Å². The molecule has 1 aromatic carbocycles. The Balaban J connectivity index is 1.73. The first-order valence-electron chi connectivity index (χ1n) is 6.45. The molecule has 2 aromatic heterocycles. The van der Waals surface area contributed by atoms with Crippen molar-refractivity contribution in [2.45, 2.75) is 13.0 Å². The lowest BCUT2D eigenvalue weighted by molar-refractivity contribution is 0.298. The van der Waals surface area contributed by atoms with E-state index in [2.05, 4.69) is 15.3 Å². The van der Waals surface area contributed by atoms with Crippen molar-refractivity contribution in [3.8, 4) is 11.3 Å². The summed E-state index contributed by atoms with van der Waals surface area (Å²) >= 11 is 0. The van der Waals surface area contributed by atoms with Gasteiger partial charge in [0, 0.05) is 24.8 Å². The number of hydrogen-bond acceptors (Lipinski definition) is 5. The predicted molar refractivity (Wildman–Crippen MR) is 71.8 cm³/mol. The predicted octanol–water partition coefficient (Wildman–Crippen LogP) is 1.66. The molecule has 21 heavy (non-hydrogen) atoms. The number of hydrogen-bond donors (Lipinski definition) is 1. The molecule has 0 saturated carbocycles. The van der Waals surface area contributed by atoms with Crippen LogP contribution in [0.3, 0.4) is 0 Å². The summed E-state index contributed by atoms with van der Waals surface area (Å²) in [6.07, 6.45) is 3.79. The van der Waals surface area contributed by atoms with Crippen molar-refractivity contribution in [3.63, 3.8) is 0 Å². The Morgan fingerprint density at radius 2 is 2.05 bits per heavy atom. The number of rotatable bonds is 5. The fourth-order valence-electron chi connectivity index (χ4n) is 1.91. The number of benzene rings is 1. The summed E-state index contributed by atoms with van der Waals surface area (Å²) < 4.78 is 20.1. The first kappa shape index (κ1) is 13.4. The van der Waals surface area contributed by atoms with E-state index in [0.717, 1.165) is 5.56 Å². The van der Waals surface area contributed by atoms with E-state index in [4.69, 9.17) is 9.52 Å². The molecule has 0 saturated heterocycles. The smallest absolute Gasteiger partial charge is 0.216 e. The Hall–Kier alpha value is -2.54. The van der Waals surface area contributed by atoms with Gasteiger partial charge < -0.3 is 9.52 Å². The van der Waals surface area contributed by atoms with Crippen LogP contribution in [0.4, 0.5) is 4.39 Å². The number of aliphatic hydroxyl groups excluding tert-OH is 1. The normalized spacial score (nSPS) is 11.0. The van der Waals surface area contributed by atoms with Crippen LogP contribution in [0.5, 0.6) is 0 Å². The third-order valence-electron chi connectivity index (χ3n) is 2.93. The lowest BCUT2D eigenvalue weighted by atomic mass is 10.2. The van der Waals surface area contributed by atoms with E-state index in [1.165, 1.54) is 12.1 Å². The maximum atomic E-state index is 12.9. The van der Waals surface area contributed by atoms with E-state index < -0.39 is 0 Å². The lowest BCUT2D eigenvalue weighted by Gasteiger charge is -1.96. The van der Waals surface area contributed by atoms with Gasteiger partial charge in [-0.05, 0) is 24.3 Å². The highest BCUT2D eigenvalue weighted by molar-refractivity contribution is 5.55. The molecule has 3 rings (SSSR count). The molecular formula is C14H13FN4O2. The SMILES string of the molecule is OCCc1cn(Cc2ncc(-c3ccc(F)cc3)o2)nn1. The Morgan fingerprint density at radius 1 is 1.24 bits per heavy atom. The van der Waals surface area contributed by atoms with Crippen molar-refractivity contribution in [2.75, 3.05) is 6.61 Å². The van der Waals surface area contributed by atoms with Crippen molar-refractivity contribution in [3.05, 3.63) is 54.1 Å². The standard InChI is InChI=1S/C14H13FN4O2/c15-11-3-1-10(2-4-11)13-7-16-14(21-13)9-19-8-12(5-6-20)17-18-19/h1-4,7-8,20H,5-6,9H2. The van der Waals surface area contributed by atoms with Crippen molar-refractivity contribution >= 4 is 0 Å². The van der Waals surface area contributed by atoms with Crippen LogP contribution in [-0.4, -0.2) is 31.7 Å². The molecule has 0 fully saturated rings. The van der Waals surface area contributed by atoms with Gasteiger partial charge in [0.25, 0.3) is 0 Å². The van der Waals surface area contributed by atoms with E-state index >= 15 is 0 Å². The van der Waals surface area contributed by atoms with Crippen LogP contribution in [0, 0.1) is 5.82 Å². The molecule has 6 nitrogen and oxygen atoms in total. The summed E-state index contributed by atoms with van der Waals surface area (Å²) in [6, 6.07) is 6.01. The average Bonchev–Trinajstić information content (AvgIpc) is 3.11. The molecule has 0 aliphatic carbocycles. The highest BCUT2D eigenvalue weighted by atomic mass is 19.1. The third kappa shape index (κ3) is 3.14. The van der Waals surface area contributed by atoms with Gasteiger partial charge in [0.15, 0.2) is 5.76 Å². The molecule has 0 radical (unpaired) electrons. The molecule has 1 N–H and O–H groups in total. The molecule has 108 valence electrons. The summed E-state index contributed by atoms with van der Waals surface area (Å²) in [5.41, 5.74) is 1.47. The van der Waals surface area contributed by atoms with Gasteiger partial charge in [0.1, 0.15) is 12.4 Å². The van der Waals surface area contributed by atoms with Gasteiger partial charge in [0.2, 0.25) is 5.89 Å². The van der Waals surface area contributed by atoms with Crippen molar-refractivity contribution in [1.29, 1.82) is 0 Å². The van der Waals surface area contributed by atoms with E-state index in [9.17, 15) is 4.39 Å². The van der Waals surface area contributed by atoms with Crippen molar-refractivity contribution < 1.29 is 13.9 Å². The molecular weight excluding hydrogens is 275 g/mol. The topological polar surface area (TPSA) is 77.0 Å². The van der Waals surface area contributed by atoms with Crippen LogP contribution in [0.2, 0.25) is 0 Å². The zero-order valence-corrected chi connectivity index (χ0v) is 11.1. The van der Waals surface area contributed by atoms with Crippen molar-refractivity contribution in [2.24, 2.45) is 0 Å². The summed E-state index contributed by atoms with van der Waals surface area (Å²) in [7, 11) is 0. The number of aliphatic hydroxyl groups is 1. The zero-order chi connectivity index (χ0) is 14.7. The first-order valence-corrected chi connectivity index (χ1v) is 6.45. The zero-order valence-electron chi connectivity index (χ0n) is 11.1. The minimum Gasteiger partial charge on any atom is -0.439 e. The second-order valence-corrected chi connectivity index (χ2v) is 4.51. The Morgan fingerprint density at radius 3 is 2.81 bits per heavy atom. The van der Waals surface area contributed by atoms with Crippen LogP contribution in [0.1, 0.15) is 11.6 Å². The van der Waals surface area contributed by atoms with Gasteiger partial charge in [-0.25, -0.2) is 14.1 Å². The number of halogens is 1. The molecule has 0 unspecified atom stereocenters. The molecule has 3 aromatic rings. The number of nitrogens with zero attached hydrogens (tertiary/aromatic N) is 4. The fourth-order valence-corrected chi connectivity index (χ4v) is 1.91. The second kappa shape index (κ2) is 5.84. The van der Waals surface area contributed by atoms with E-state index in [0.29, 0.717) is 30.3 Å². The minimum absolute atomic E-state index is 0.0341. The summed E-state index contributed by atoms with van der Waals surface area (Å²) in [6.45, 7) is 0.381. The number of aromatic nitrogens is 4. The van der Waals surface area contributed by atoms with Crippen LogP contribution >= 0.6 is 0 Å². The maximum Gasteiger partial charge on any atom is 0.216 e. The third-order valence-corrected chi connectivity index (χ3v) is 2.93. The summed E-state index contributed by atoms with van der Waals surface area (Å²) in [5.74, 6) is 0.757. The van der Waals surface area contributed by atoms with Gasteiger partial charge in [-0.15, -0.1) is 5.10 Å². The molecule has 2 heterocycles. The number of oxazole rings is 1. The van der Waals surface area contributed by atoms with E-state index in [-0.39, 0.29) is 12.4 Å². The van der Waals surface area contributed by atoms with Crippen LogP contribution in [0.25, 0.3) is 11.3 Å². The molecule has 0 atom stereocenters. The van der Waals surface area contributed by atoms with Crippen LogP contribution in [0.15, 0.2) is 41.1 Å². The average molecular weight is 288 g/mol. The van der Waals surface area contributed by atoms with Gasteiger partial charge >= 0.3 is 0 Å². The lowest BCUT2D eigenvalue weighted by Crippen LogP contribution is -2.00. The maximum absolute atomic E-state index is 12.9. The second-order valence-electron chi connectivity index (χ2n) is 4.51. The molecule has 0 amide bonds. The molecule has 0 bridgehead atoms. The summed E-state index contributed by atoms with van der Waals surface area (Å²) in [4.78, 5) is 4.17. The van der Waals surface area contributed by atoms with Gasteiger partial charge in [-0.1, -0.05) is 5.21 Å². The Labute approximate surface area is 119 Å². The largest absolute Gasteiger partial charge is 0.439 e. The van der Waals surface area contributed by atoms with Crippen molar-refractivity contribution in [1.82, 2.24) is 20.0 Å². The molecule has 0 aliphatic heterocycles. The fraction of sp³-hybridized carbons (Fsp3) is 0.214. The highest BCUT2D eigenvalue weighted by Gasteiger charge is 2.08. The van der Waals surface area contributed by atoms with E-state index in [1.54, 1.807) is 29.2 Å². The van der Waals surface area contributed by atoms with Gasteiger partial charge in [0.05, 0.1) is 11.9 Å². The Bertz CT molecular complexity index is 721. The molecule has 0 spiro atoms. The van der Waals surface area contributed by atoms with E-state index in [1.807, 2.05) is 0 Å².